The molecule has 1 aromatic rings. The largest absolute Gasteiger partial charge is 0.496 e. The van der Waals surface area contributed by atoms with Crippen LogP contribution in [0.5, 0.6) is 5.75 Å². The van der Waals surface area contributed by atoms with E-state index in [0.29, 0.717) is 0 Å². The maximum absolute atomic E-state index is 6.02. The normalized spacial score (nSPS) is 11.6. The molecule has 0 aromatic heterocycles. The summed E-state index contributed by atoms with van der Waals surface area (Å²) in [7, 11) is 1.70. The van der Waals surface area contributed by atoms with Crippen LogP contribution in [0.15, 0.2) is 16.6 Å². The summed E-state index contributed by atoms with van der Waals surface area (Å²) in [6.07, 6.45) is 0.802. The topological polar surface area (TPSA) is 35.2 Å². The molecule has 0 aliphatic heterocycles. The van der Waals surface area contributed by atoms with E-state index in [2.05, 4.69) is 22.0 Å². The first-order chi connectivity index (χ1) is 6.83. The van der Waals surface area contributed by atoms with E-state index in [1.165, 1.54) is 0 Å². The fraction of sp³-hybridized carbons (Fsp3) is 0.500. The lowest BCUT2D eigenvalue weighted by molar-refractivity contribution is 0.399. The van der Waals surface area contributed by atoms with Gasteiger partial charge in [-0.05, 0) is 50.5 Å². The molecule has 0 saturated heterocycles. The second-order valence-corrected chi connectivity index (χ2v) is 5.50. The Kier molecular flexibility index (Phi) is 3.79. The fourth-order valence-electron chi connectivity index (χ4n) is 1.71. The van der Waals surface area contributed by atoms with Crippen LogP contribution in [0.25, 0.3) is 0 Å². The minimum Gasteiger partial charge on any atom is -0.496 e. The molecule has 0 aliphatic carbocycles. The van der Waals surface area contributed by atoms with Crippen LogP contribution in [0.1, 0.15) is 25.0 Å². The zero-order chi connectivity index (χ0) is 11.6. The molecule has 0 bridgehead atoms. The molecule has 84 valence electrons. The molecular formula is C12H18BrNO. The van der Waals surface area contributed by atoms with E-state index >= 15 is 0 Å². The molecule has 15 heavy (non-hydrogen) atoms. The molecule has 0 atom stereocenters. The summed E-state index contributed by atoms with van der Waals surface area (Å²) in [4.78, 5) is 0. The predicted molar refractivity (Wildman–Crippen MR) is 67.4 cm³/mol. The maximum atomic E-state index is 6.02. The molecule has 3 heteroatoms. The standard InChI is InChI=1S/C12H18BrNO/c1-8-5-10(13)6-9(11(8)15-4)7-12(2,3)14/h5-6H,7,14H2,1-4H3. The third kappa shape index (κ3) is 3.50. The Morgan fingerprint density at radius 3 is 2.47 bits per heavy atom. The van der Waals surface area contributed by atoms with Crippen LogP contribution < -0.4 is 10.5 Å². The minimum absolute atomic E-state index is 0.222. The van der Waals surface area contributed by atoms with Crippen molar-refractivity contribution < 1.29 is 4.74 Å². The highest BCUT2D eigenvalue weighted by molar-refractivity contribution is 9.10. The van der Waals surface area contributed by atoms with Gasteiger partial charge in [0.15, 0.2) is 0 Å². The number of benzene rings is 1. The van der Waals surface area contributed by atoms with Crippen LogP contribution >= 0.6 is 15.9 Å². The average Bonchev–Trinajstić information content (AvgIpc) is 1.99. The van der Waals surface area contributed by atoms with Gasteiger partial charge in [-0.2, -0.15) is 0 Å². The zero-order valence-corrected chi connectivity index (χ0v) is 11.3. The smallest absolute Gasteiger partial charge is 0.125 e. The molecule has 2 N–H and O–H groups in total. The van der Waals surface area contributed by atoms with Crippen molar-refractivity contribution in [2.24, 2.45) is 5.73 Å². The van der Waals surface area contributed by atoms with E-state index in [1.54, 1.807) is 7.11 Å². The van der Waals surface area contributed by atoms with E-state index in [9.17, 15) is 0 Å². The van der Waals surface area contributed by atoms with Crippen molar-refractivity contribution in [2.45, 2.75) is 32.7 Å². The Bertz CT molecular complexity index is 355. The quantitative estimate of drug-likeness (QED) is 0.917. The second kappa shape index (κ2) is 4.54. The summed E-state index contributed by atoms with van der Waals surface area (Å²) in [6, 6.07) is 4.12. The molecule has 2 nitrogen and oxygen atoms in total. The van der Waals surface area contributed by atoms with Gasteiger partial charge in [-0.25, -0.2) is 0 Å². The highest BCUT2D eigenvalue weighted by Gasteiger charge is 2.16. The lowest BCUT2D eigenvalue weighted by atomic mass is 9.94. The molecular weight excluding hydrogens is 254 g/mol. The highest BCUT2D eigenvalue weighted by atomic mass is 79.9. The molecule has 0 fully saturated rings. The summed E-state index contributed by atoms with van der Waals surface area (Å²) in [6.45, 7) is 6.07. The molecule has 0 amide bonds. The van der Waals surface area contributed by atoms with Crippen molar-refractivity contribution in [3.05, 3.63) is 27.7 Å². The number of halogens is 1. The van der Waals surface area contributed by atoms with E-state index in [0.717, 1.165) is 27.8 Å². The van der Waals surface area contributed by atoms with Gasteiger partial charge < -0.3 is 10.5 Å². The predicted octanol–water partition coefficient (Wildman–Crippen LogP) is 3.05. The van der Waals surface area contributed by atoms with Gasteiger partial charge >= 0.3 is 0 Å². The highest BCUT2D eigenvalue weighted by Crippen LogP contribution is 2.29. The van der Waals surface area contributed by atoms with Crippen LogP contribution in [-0.4, -0.2) is 12.6 Å². The Morgan fingerprint density at radius 2 is 2.00 bits per heavy atom. The molecule has 0 aliphatic rings. The first-order valence-electron chi connectivity index (χ1n) is 4.95. The summed E-state index contributed by atoms with van der Waals surface area (Å²) < 4.78 is 6.47. The molecule has 1 aromatic carbocycles. The van der Waals surface area contributed by atoms with Crippen molar-refractivity contribution in [3.63, 3.8) is 0 Å². The van der Waals surface area contributed by atoms with Crippen LogP contribution in [-0.2, 0) is 6.42 Å². The van der Waals surface area contributed by atoms with Crippen molar-refractivity contribution in [2.75, 3.05) is 7.11 Å². The van der Waals surface area contributed by atoms with Crippen molar-refractivity contribution in [3.8, 4) is 5.75 Å². The summed E-state index contributed by atoms with van der Waals surface area (Å²) in [5, 5.41) is 0. The first-order valence-corrected chi connectivity index (χ1v) is 5.74. The first kappa shape index (κ1) is 12.5. The molecule has 0 heterocycles. The third-order valence-corrected chi connectivity index (χ3v) is 2.62. The van der Waals surface area contributed by atoms with Gasteiger partial charge in [0.05, 0.1) is 7.11 Å². The Labute approximate surface area is 99.9 Å². The number of nitrogens with two attached hydrogens (primary N) is 1. The number of aryl methyl sites for hydroxylation is 1. The summed E-state index contributed by atoms with van der Waals surface area (Å²) in [5.41, 5.74) is 8.08. The van der Waals surface area contributed by atoms with E-state index in [1.807, 2.05) is 26.8 Å². The van der Waals surface area contributed by atoms with E-state index in [-0.39, 0.29) is 5.54 Å². The number of hydrogen-bond donors (Lipinski definition) is 1. The van der Waals surface area contributed by atoms with Crippen LogP contribution in [0.3, 0.4) is 0 Å². The molecule has 0 spiro atoms. The molecule has 0 unspecified atom stereocenters. The number of hydrogen-bond acceptors (Lipinski definition) is 2. The monoisotopic (exact) mass is 271 g/mol. The van der Waals surface area contributed by atoms with Gasteiger partial charge in [-0.3, -0.25) is 0 Å². The van der Waals surface area contributed by atoms with Crippen molar-refractivity contribution in [1.29, 1.82) is 0 Å². The van der Waals surface area contributed by atoms with E-state index < -0.39 is 0 Å². The zero-order valence-electron chi connectivity index (χ0n) is 9.73. The van der Waals surface area contributed by atoms with Crippen LogP contribution in [0.4, 0.5) is 0 Å². The number of ether oxygens (including phenoxy) is 1. The second-order valence-electron chi connectivity index (χ2n) is 4.58. The Hall–Kier alpha value is -0.540. The van der Waals surface area contributed by atoms with Crippen molar-refractivity contribution in [1.82, 2.24) is 0 Å². The summed E-state index contributed by atoms with van der Waals surface area (Å²) in [5.74, 6) is 0.941. The third-order valence-electron chi connectivity index (χ3n) is 2.17. The van der Waals surface area contributed by atoms with Crippen LogP contribution in [0.2, 0.25) is 0 Å². The van der Waals surface area contributed by atoms with Gasteiger partial charge in [-0.15, -0.1) is 0 Å². The van der Waals surface area contributed by atoms with Crippen molar-refractivity contribution >= 4 is 15.9 Å². The Balaban J connectivity index is 3.15. The summed E-state index contributed by atoms with van der Waals surface area (Å²) >= 11 is 3.49. The average molecular weight is 272 g/mol. The maximum Gasteiger partial charge on any atom is 0.125 e. The molecule has 1 rings (SSSR count). The fourth-order valence-corrected chi connectivity index (χ4v) is 2.33. The van der Waals surface area contributed by atoms with Crippen LogP contribution in [0, 0.1) is 6.92 Å². The number of rotatable bonds is 3. The lowest BCUT2D eigenvalue weighted by Gasteiger charge is -2.21. The van der Waals surface area contributed by atoms with E-state index in [4.69, 9.17) is 10.5 Å². The number of methoxy groups -OCH3 is 1. The molecule has 0 radical (unpaired) electrons. The van der Waals surface area contributed by atoms with Gasteiger partial charge in [0.1, 0.15) is 5.75 Å². The van der Waals surface area contributed by atoms with Gasteiger partial charge in [0.2, 0.25) is 0 Å². The molecule has 0 saturated carbocycles. The Morgan fingerprint density at radius 1 is 1.40 bits per heavy atom. The minimum atomic E-state index is -0.222. The lowest BCUT2D eigenvalue weighted by Crippen LogP contribution is -2.34. The van der Waals surface area contributed by atoms with Gasteiger partial charge in [0, 0.05) is 10.0 Å². The van der Waals surface area contributed by atoms with Gasteiger partial charge in [-0.1, -0.05) is 15.9 Å². The van der Waals surface area contributed by atoms with Gasteiger partial charge in [0.25, 0.3) is 0 Å². The SMILES string of the molecule is COc1c(C)cc(Br)cc1CC(C)(C)N.